The highest BCUT2D eigenvalue weighted by atomic mass is 14.9. The van der Waals surface area contributed by atoms with Crippen LogP contribution in [0.2, 0.25) is 0 Å². The summed E-state index contributed by atoms with van der Waals surface area (Å²) in [4.78, 5) is 0. The number of hydrogen-bond acceptors (Lipinski definition) is 1. The summed E-state index contributed by atoms with van der Waals surface area (Å²) in [5, 5.41) is 3.57. The lowest BCUT2D eigenvalue weighted by Gasteiger charge is -2.09. The van der Waals surface area contributed by atoms with Gasteiger partial charge in [0.05, 0.1) is 0 Å². The van der Waals surface area contributed by atoms with E-state index in [1.54, 1.807) is 0 Å². The van der Waals surface area contributed by atoms with Gasteiger partial charge in [-0.25, -0.2) is 0 Å². The Morgan fingerprint density at radius 2 is 2.09 bits per heavy atom. The van der Waals surface area contributed by atoms with Crippen LogP contribution in [0.1, 0.15) is 39.0 Å². The Balaban J connectivity index is 1.93. The molecular weight excluding hydrogens is 134 g/mol. The molecule has 0 aliphatic heterocycles. The van der Waals surface area contributed by atoms with Crippen LogP contribution >= 0.6 is 0 Å². The molecule has 0 heterocycles. The predicted octanol–water partition coefficient (Wildman–Crippen LogP) is 2.48. The third-order valence-electron chi connectivity index (χ3n) is 2.33. The van der Waals surface area contributed by atoms with Crippen molar-refractivity contribution in [1.29, 1.82) is 0 Å². The Hall–Kier alpha value is -0.300. The molecule has 0 amide bonds. The fraction of sp³-hybridized carbons (Fsp3) is 0.800. The Kier molecular flexibility index (Phi) is 4.29. The summed E-state index contributed by atoms with van der Waals surface area (Å²) in [5.74, 6) is 0. The molecule has 0 spiro atoms. The average molecular weight is 153 g/mol. The molecule has 1 heteroatoms. The molecule has 1 aliphatic carbocycles. The van der Waals surface area contributed by atoms with Crippen LogP contribution in [0.3, 0.4) is 0 Å². The van der Waals surface area contributed by atoms with Crippen molar-refractivity contribution in [3.05, 3.63) is 12.2 Å². The zero-order valence-corrected chi connectivity index (χ0v) is 7.47. The lowest BCUT2D eigenvalue weighted by molar-refractivity contribution is 0.530. The van der Waals surface area contributed by atoms with Crippen molar-refractivity contribution in [1.82, 2.24) is 5.32 Å². The largest absolute Gasteiger partial charge is 0.314 e. The molecule has 0 saturated heterocycles. The summed E-state index contributed by atoms with van der Waals surface area (Å²) >= 11 is 0. The normalized spacial score (nSPS) is 20.1. The maximum atomic E-state index is 3.57. The second kappa shape index (κ2) is 5.36. The Morgan fingerprint density at radius 1 is 1.36 bits per heavy atom. The molecule has 1 nitrogen and oxygen atoms in total. The van der Waals surface area contributed by atoms with Crippen LogP contribution in [0.25, 0.3) is 0 Å². The monoisotopic (exact) mass is 153 g/mol. The highest BCUT2D eigenvalue weighted by Gasteiger charge is 2.12. The fourth-order valence-corrected chi connectivity index (χ4v) is 1.67. The smallest absolute Gasteiger partial charge is 0.00671 e. The first-order chi connectivity index (χ1) is 5.43. The lowest BCUT2D eigenvalue weighted by atomic mass is 10.2. The number of hydrogen-bond donors (Lipinski definition) is 1. The van der Waals surface area contributed by atoms with E-state index in [4.69, 9.17) is 0 Å². The van der Waals surface area contributed by atoms with Crippen LogP contribution in [0.15, 0.2) is 12.2 Å². The van der Waals surface area contributed by atoms with Crippen molar-refractivity contribution in [3.63, 3.8) is 0 Å². The Bertz CT molecular complexity index is 112. The molecule has 11 heavy (non-hydrogen) atoms. The van der Waals surface area contributed by atoms with E-state index in [2.05, 4.69) is 24.4 Å². The van der Waals surface area contributed by atoms with Gasteiger partial charge in [-0.05, 0) is 32.7 Å². The fourth-order valence-electron chi connectivity index (χ4n) is 1.67. The van der Waals surface area contributed by atoms with E-state index in [1.807, 2.05) is 0 Å². The second-order valence-electron chi connectivity index (χ2n) is 3.29. The maximum Gasteiger partial charge on any atom is 0.00671 e. The van der Waals surface area contributed by atoms with Crippen molar-refractivity contribution in [2.24, 2.45) is 0 Å². The van der Waals surface area contributed by atoms with Crippen molar-refractivity contribution in [2.45, 2.75) is 45.1 Å². The minimum Gasteiger partial charge on any atom is -0.314 e. The van der Waals surface area contributed by atoms with Crippen LogP contribution in [-0.4, -0.2) is 12.6 Å². The van der Waals surface area contributed by atoms with Crippen LogP contribution in [0.5, 0.6) is 0 Å². The van der Waals surface area contributed by atoms with Gasteiger partial charge in [-0.3, -0.25) is 0 Å². The molecule has 0 atom stereocenters. The first-order valence-electron chi connectivity index (χ1n) is 4.78. The van der Waals surface area contributed by atoms with E-state index in [1.165, 1.54) is 32.1 Å². The van der Waals surface area contributed by atoms with E-state index >= 15 is 0 Å². The number of allylic oxidation sites excluding steroid dienone is 1. The number of rotatable bonds is 4. The van der Waals surface area contributed by atoms with E-state index < -0.39 is 0 Å². The zero-order chi connectivity index (χ0) is 7.94. The molecule has 64 valence electrons. The Morgan fingerprint density at radius 3 is 2.73 bits per heavy atom. The van der Waals surface area contributed by atoms with Gasteiger partial charge in [-0.15, -0.1) is 0 Å². The van der Waals surface area contributed by atoms with E-state index in [0.717, 1.165) is 12.6 Å². The molecule has 1 fully saturated rings. The molecule has 1 aliphatic rings. The summed E-state index contributed by atoms with van der Waals surface area (Å²) in [5.41, 5.74) is 0. The molecule has 0 bridgehead atoms. The third-order valence-corrected chi connectivity index (χ3v) is 2.33. The third kappa shape index (κ3) is 3.57. The molecule has 0 aromatic carbocycles. The van der Waals surface area contributed by atoms with Gasteiger partial charge in [0.15, 0.2) is 0 Å². The molecule has 0 aromatic rings. The van der Waals surface area contributed by atoms with Gasteiger partial charge in [-0.2, -0.15) is 0 Å². The average Bonchev–Trinajstić information content (AvgIpc) is 2.50. The van der Waals surface area contributed by atoms with Crippen LogP contribution in [0.4, 0.5) is 0 Å². The van der Waals surface area contributed by atoms with E-state index in [-0.39, 0.29) is 0 Å². The lowest BCUT2D eigenvalue weighted by Crippen LogP contribution is -2.26. The molecule has 1 rings (SSSR count). The SMILES string of the molecule is C/C=C/CCNC1CCCC1. The summed E-state index contributed by atoms with van der Waals surface area (Å²) in [7, 11) is 0. The molecule has 0 unspecified atom stereocenters. The van der Waals surface area contributed by atoms with E-state index in [0.29, 0.717) is 0 Å². The van der Waals surface area contributed by atoms with Gasteiger partial charge >= 0.3 is 0 Å². The summed E-state index contributed by atoms with van der Waals surface area (Å²) in [6.45, 7) is 3.24. The van der Waals surface area contributed by atoms with Crippen molar-refractivity contribution >= 4 is 0 Å². The highest BCUT2D eigenvalue weighted by Crippen LogP contribution is 2.17. The van der Waals surface area contributed by atoms with E-state index in [9.17, 15) is 0 Å². The van der Waals surface area contributed by atoms with Gasteiger partial charge in [0.25, 0.3) is 0 Å². The number of nitrogens with one attached hydrogen (secondary N) is 1. The first kappa shape index (κ1) is 8.79. The standard InChI is InChI=1S/C10H19N/c1-2-3-6-9-11-10-7-4-5-8-10/h2-3,10-11H,4-9H2,1H3/b3-2+. The van der Waals surface area contributed by atoms with Crippen molar-refractivity contribution in [2.75, 3.05) is 6.54 Å². The van der Waals surface area contributed by atoms with Crippen LogP contribution in [-0.2, 0) is 0 Å². The first-order valence-corrected chi connectivity index (χ1v) is 4.78. The van der Waals surface area contributed by atoms with Crippen LogP contribution in [0, 0.1) is 0 Å². The van der Waals surface area contributed by atoms with Crippen LogP contribution < -0.4 is 5.32 Å². The summed E-state index contributed by atoms with van der Waals surface area (Å²) in [6.07, 6.45) is 11.2. The topological polar surface area (TPSA) is 12.0 Å². The van der Waals surface area contributed by atoms with Gasteiger partial charge in [0.1, 0.15) is 0 Å². The molecule has 0 aromatic heterocycles. The quantitative estimate of drug-likeness (QED) is 0.483. The summed E-state index contributed by atoms with van der Waals surface area (Å²) in [6, 6.07) is 0.834. The minimum absolute atomic E-state index is 0.834. The van der Waals surface area contributed by atoms with Crippen molar-refractivity contribution in [3.8, 4) is 0 Å². The second-order valence-corrected chi connectivity index (χ2v) is 3.29. The zero-order valence-electron chi connectivity index (χ0n) is 7.47. The molecule has 1 saturated carbocycles. The molecule has 1 N–H and O–H groups in total. The predicted molar refractivity (Wildman–Crippen MR) is 49.7 cm³/mol. The van der Waals surface area contributed by atoms with Crippen molar-refractivity contribution < 1.29 is 0 Å². The van der Waals surface area contributed by atoms with Gasteiger partial charge in [0.2, 0.25) is 0 Å². The molecule has 0 radical (unpaired) electrons. The summed E-state index contributed by atoms with van der Waals surface area (Å²) < 4.78 is 0. The van der Waals surface area contributed by atoms with Gasteiger partial charge < -0.3 is 5.32 Å². The molecular formula is C10H19N. The minimum atomic E-state index is 0.834. The van der Waals surface area contributed by atoms with Gasteiger partial charge in [0, 0.05) is 6.04 Å². The highest BCUT2D eigenvalue weighted by molar-refractivity contribution is 4.79. The maximum absolute atomic E-state index is 3.57. The Labute approximate surface area is 69.9 Å². The van der Waals surface area contributed by atoms with Gasteiger partial charge in [-0.1, -0.05) is 25.0 Å².